The number of ether oxygens (including phenoxy) is 2. The molecule has 5 nitrogen and oxygen atoms in total. The standard InChI is InChI=1S/C39H76O5/c1-3-5-7-9-11-13-15-17-18-19-20-22-24-26-28-30-32-34-39(42)44-37(35-40)36-43-38(41)33-31-29-27-25-23-21-16-14-12-10-8-6-4-2/h37,40H,3-36H2,1-2H3/t37-/m0/s1. The first-order valence-electron chi connectivity index (χ1n) is 19.6. The molecule has 0 aliphatic rings. The maximum absolute atomic E-state index is 12.2. The Morgan fingerprint density at radius 1 is 0.432 bits per heavy atom. The van der Waals surface area contributed by atoms with Crippen LogP contribution in [0.4, 0.5) is 0 Å². The van der Waals surface area contributed by atoms with E-state index in [1.54, 1.807) is 0 Å². The van der Waals surface area contributed by atoms with Crippen molar-refractivity contribution in [1.82, 2.24) is 0 Å². The van der Waals surface area contributed by atoms with Crippen molar-refractivity contribution in [3.63, 3.8) is 0 Å². The van der Waals surface area contributed by atoms with Gasteiger partial charge in [-0.1, -0.05) is 194 Å². The van der Waals surface area contributed by atoms with E-state index in [1.165, 1.54) is 161 Å². The van der Waals surface area contributed by atoms with E-state index in [0.717, 1.165) is 32.1 Å². The lowest BCUT2D eigenvalue weighted by atomic mass is 10.0. The molecule has 0 aromatic carbocycles. The van der Waals surface area contributed by atoms with E-state index in [9.17, 15) is 14.7 Å². The second-order valence-electron chi connectivity index (χ2n) is 13.4. The number of aliphatic hydroxyl groups is 1. The Kier molecular flexibility index (Phi) is 35.5. The second kappa shape index (κ2) is 36.4. The van der Waals surface area contributed by atoms with Crippen molar-refractivity contribution in [2.24, 2.45) is 0 Å². The molecule has 0 saturated heterocycles. The predicted molar refractivity (Wildman–Crippen MR) is 187 cm³/mol. The highest BCUT2D eigenvalue weighted by Crippen LogP contribution is 2.15. The second-order valence-corrected chi connectivity index (χ2v) is 13.4. The van der Waals surface area contributed by atoms with Gasteiger partial charge in [0.2, 0.25) is 0 Å². The highest BCUT2D eigenvalue weighted by molar-refractivity contribution is 5.70. The first kappa shape index (κ1) is 42.9. The molecule has 0 heterocycles. The molecule has 44 heavy (non-hydrogen) atoms. The van der Waals surface area contributed by atoms with Crippen LogP contribution in [0.25, 0.3) is 0 Å². The minimum atomic E-state index is -0.760. The molecule has 0 spiro atoms. The lowest BCUT2D eigenvalue weighted by molar-refractivity contribution is -0.161. The van der Waals surface area contributed by atoms with Gasteiger partial charge >= 0.3 is 11.9 Å². The van der Waals surface area contributed by atoms with Crippen molar-refractivity contribution < 1.29 is 24.2 Å². The normalized spacial score (nSPS) is 12.0. The Hall–Kier alpha value is -1.10. The SMILES string of the molecule is CCCCCCCCCCCCCCCCCCCC(=O)O[C@@H](CO)COC(=O)CCCCCCCCCCCCCCC. The zero-order chi connectivity index (χ0) is 32.2. The number of carbonyl (C=O) groups excluding carboxylic acids is 2. The number of aliphatic hydroxyl groups excluding tert-OH is 1. The average molecular weight is 625 g/mol. The third-order valence-corrected chi connectivity index (χ3v) is 8.90. The van der Waals surface area contributed by atoms with Crippen LogP contribution in [0, 0.1) is 0 Å². The van der Waals surface area contributed by atoms with Crippen LogP contribution >= 0.6 is 0 Å². The average Bonchev–Trinajstić information content (AvgIpc) is 3.02. The molecule has 0 unspecified atom stereocenters. The lowest BCUT2D eigenvalue weighted by Crippen LogP contribution is -2.28. The van der Waals surface area contributed by atoms with Gasteiger partial charge in [0.1, 0.15) is 6.61 Å². The van der Waals surface area contributed by atoms with Crippen LogP contribution in [0.15, 0.2) is 0 Å². The van der Waals surface area contributed by atoms with Gasteiger partial charge in [0.15, 0.2) is 6.10 Å². The largest absolute Gasteiger partial charge is 0.462 e. The molecule has 0 aromatic rings. The van der Waals surface area contributed by atoms with Gasteiger partial charge in [0, 0.05) is 12.8 Å². The Bertz CT molecular complexity index is 593. The minimum Gasteiger partial charge on any atom is -0.462 e. The van der Waals surface area contributed by atoms with Crippen molar-refractivity contribution >= 4 is 11.9 Å². The molecule has 0 bridgehead atoms. The third kappa shape index (κ3) is 33.8. The fraction of sp³-hybridized carbons (Fsp3) is 0.949. The minimum absolute atomic E-state index is 0.0570. The number of unbranched alkanes of at least 4 members (excludes halogenated alkanes) is 28. The quantitative estimate of drug-likeness (QED) is 0.0554. The van der Waals surface area contributed by atoms with Crippen LogP contribution in [0.5, 0.6) is 0 Å². The monoisotopic (exact) mass is 625 g/mol. The van der Waals surface area contributed by atoms with E-state index in [-0.39, 0.29) is 25.2 Å². The zero-order valence-electron chi connectivity index (χ0n) is 29.7. The summed E-state index contributed by atoms with van der Waals surface area (Å²) < 4.78 is 10.6. The van der Waals surface area contributed by atoms with Gasteiger partial charge in [0.05, 0.1) is 6.61 Å². The molecule has 0 rings (SSSR count). The highest BCUT2D eigenvalue weighted by Gasteiger charge is 2.16. The van der Waals surface area contributed by atoms with Crippen molar-refractivity contribution in [1.29, 1.82) is 0 Å². The molecule has 0 aliphatic carbocycles. The molecule has 0 aliphatic heterocycles. The Morgan fingerprint density at radius 2 is 0.705 bits per heavy atom. The van der Waals surface area contributed by atoms with E-state index < -0.39 is 6.10 Å². The Labute approximate surface area is 274 Å². The first-order chi connectivity index (χ1) is 21.6. The van der Waals surface area contributed by atoms with Crippen molar-refractivity contribution in [2.45, 2.75) is 225 Å². The molecule has 0 radical (unpaired) electrons. The van der Waals surface area contributed by atoms with Gasteiger partial charge in [-0.3, -0.25) is 9.59 Å². The van der Waals surface area contributed by atoms with Crippen LogP contribution in [0.3, 0.4) is 0 Å². The van der Waals surface area contributed by atoms with E-state index in [1.807, 2.05) is 0 Å². The summed E-state index contributed by atoms with van der Waals surface area (Å²) in [5, 5.41) is 9.54. The summed E-state index contributed by atoms with van der Waals surface area (Å²) in [5.41, 5.74) is 0. The number of hydrogen-bond acceptors (Lipinski definition) is 5. The maximum Gasteiger partial charge on any atom is 0.306 e. The Balaban J connectivity index is 3.49. The molecular weight excluding hydrogens is 548 g/mol. The lowest BCUT2D eigenvalue weighted by Gasteiger charge is -2.15. The summed E-state index contributed by atoms with van der Waals surface area (Å²) in [4.78, 5) is 24.2. The number of rotatable bonds is 36. The van der Waals surface area contributed by atoms with Crippen LogP contribution in [-0.4, -0.2) is 36.4 Å². The predicted octanol–water partition coefficient (Wildman–Crippen LogP) is 12.0. The van der Waals surface area contributed by atoms with Gasteiger partial charge in [0.25, 0.3) is 0 Å². The molecule has 0 saturated carbocycles. The summed E-state index contributed by atoms with van der Waals surface area (Å²) in [6.45, 7) is 4.16. The summed E-state index contributed by atoms with van der Waals surface area (Å²) in [7, 11) is 0. The molecule has 262 valence electrons. The van der Waals surface area contributed by atoms with Crippen molar-refractivity contribution in [3.8, 4) is 0 Å². The summed E-state index contributed by atoms with van der Waals surface area (Å²) in [6, 6.07) is 0. The maximum atomic E-state index is 12.2. The summed E-state index contributed by atoms with van der Waals surface area (Å²) in [5.74, 6) is -0.576. The van der Waals surface area contributed by atoms with Crippen LogP contribution in [0.2, 0.25) is 0 Å². The molecule has 0 fully saturated rings. The van der Waals surface area contributed by atoms with Gasteiger partial charge in [-0.05, 0) is 12.8 Å². The van der Waals surface area contributed by atoms with Crippen LogP contribution < -0.4 is 0 Å². The van der Waals surface area contributed by atoms with Gasteiger partial charge < -0.3 is 14.6 Å². The fourth-order valence-corrected chi connectivity index (χ4v) is 5.91. The van der Waals surface area contributed by atoms with E-state index in [4.69, 9.17) is 9.47 Å². The van der Waals surface area contributed by atoms with E-state index in [2.05, 4.69) is 13.8 Å². The molecule has 1 N–H and O–H groups in total. The molecule has 5 heteroatoms. The summed E-state index contributed by atoms with van der Waals surface area (Å²) >= 11 is 0. The Morgan fingerprint density at radius 3 is 1.00 bits per heavy atom. The number of hydrogen-bond donors (Lipinski definition) is 1. The molecular formula is C39H76O5. The first-order valence-corrected chi connectivity index (χ1v) is 19.6. The highest BCUT2D eigenvalue weighted by atomic mass is 16.6. The van der Waals surface area contributed by atoms with Crippen molar-refractivity contribution in [2.75, 3.05) is 13.2 Å². The van der Waals surface area contributed by atoms with Crippen LogP contribution in [0.1, 0.15) is 219 Å². The van der Waals surface area contributed by atoms with Gasteiger partial charge in [-0.2, -0.15) is 0 Å². The van der Waals surface area contributed by atoms with Crippen LogP contribution in [-0.2, 0) is 19.1 Å². The third-order valence-electron chi connectivity index (χ3n) is 8.90. The molecule has 1 atom stereocenters. The number of esters is 2. The topological polar surface area (TPSA) is 72.8 Å². The summed E-state index contributed by atoms with van der Waals surface area (Å²) in [6.07, 6.45) is 38.7. The molecule has 0 aromatic heterocycles. The molecule has 0 amide bonds. The van der Waals surface area contributed by atoms with Crippen molar-refractivity contribution in [3.05, 3.63) is 0 Å². The fourth-order valence-electron chi connectivity index (χ4n) is 5.91. The smallest absolute Gasteiger partial charge is 0.306 e. The zero-order valence-corrected chi connectivity index (χ0v) is 29.7. The number of carbonyl (C=O) groups is 2. The van der Waals surface area contributed by atoms with E-state index >= 15 is 0 Å². The van der Waals surface area contributed by atoms with E-state index in [0.29, 0.717) is 12.8 Å². The van der Waals surface area contributed by atoms with Gasteiger partial charge in [-0.15, -0.1) is 0 Å². The van der Waals surface area contributed by atoms with Gasteiger partial charge in [-0.25, -0.2) is 0 Å².